The number of pyridine rings is 1. The number of hydrazine groups is 1. The summed E-state index contributed by atoms with van der Waals surface area (Å²) >= 11 is 0. The van der Waals surface area contributed by atoms with Crippen molar-refractivity contribution in [3.05, 3.63) is 54.9 Å². The van der Waals surface area contributed by atoms with Gasteiger partial charge in [0.1, 0.15) is 0 Å². The van der Waals surface area contributed by atoms with Crippen LogP contribution >= 0.6 is 0 Å². The highest BCUT2D eigenvalue weighted by Crippen LogP contribution is 2.24. The van der Waals surface area contributed by atoms with Crippen LogP contribution < -0.4 is 10.9 Å². The standard InChI is InChI=1S/C14H12N4O4S/c15-18(14(19)20)13-8-12-10(9-16-13)6-7-17(12)23(21,22)11-4-2-1-3-5-11/h1-9H,15H2,(H,19,20). The molecule has 118 valence electrons. The molecule has 23 heavy (non-hydrogen) atoms. The van der Waals surface area contributed by atoms with Gasteiger partial charge in [-0.1, -0.05) is 18.2 Å². The number of nitrogens with zero attached hydrogens (tertiary/aromatic N) is 3. The first-order chi connectivity index (χ1) is 10.9. The molecule has 0 aliphatic heterocycles. The summed E-state index contributed by atoms with van der Waals surface area (Å²) in [6.45, 7) is 0. The normalized spacial score (nSPS) is 11.5. The first kappa shape index (κ1) is 15.0. The van der Waals surface area contributed by atoms with Crippen molar-refractivity contribution in [1.29, 1.82) is 0 Å². The van der Waals surface area contributed by atoms with E-state index in [0.29, 0.717) is 10.4 Å². The number of carboxylic acid groups (broad SMARTS) is 1. The monoisotopic (exact) mass is 332 g/mol. The number of aromatic nitrogens is 2. The highest BCUT2D eigenvalue weighted by molar-refractivity contribution is 7.90. The van der Waals surface area contributed by atoms with E-state index >= 15 is 0 Å². The number of hydrogen-bond donors (Lipinski definition) is 2. The van der Waals surface area contributed by atoms with Gasteiger partial charge < -0.3 is 5.11 Å². The second-order valence-corrected chi connectivity index (χ2v) is 6.50. The van der Waals surface area contributed by atoms with Crippen LogP contribution in [0.5, 0.6) is 0 Å². The van der Waals surface area contributed by atoms with E-state index in [0.717, 1.165) is 3.97 Å². The molecule has 0 saturated heterocycles. The number of hydrogen-bond acceptors (Lipinski definition) is 5. The van der Waals surface area contributed by atoms with Crippen molar-refractivity contribution in [3.8, 4) is 0 Å². The van der Waals surface area contributed by atoms with Crippen molar-refractivity contribution in [2.45, 2.75) is 4.90 Å². The number of rotatable bonds is 3. The van der Waals surface area contributed by atoms with Crippen molar-refractivity contribution < 1.29 is 18.3 Å². The first-order valence-electron chi connectivity index (χ1n) is 6.47. The topological polar surface area (TPSA) is 119 Å². The molecule has 0 fully saturated rings. The third-order valence-corrected chi connectivity index (χ3v) is 4.98. The summed E-state index contributed by atoms with van der Waals surface area (Å²) in [7, 11) is -3.80. The Morgan fingerprint density at radius 2 is 1.91 bits per heavy atom. The van der Waals surface area contributed by atoms with Gasteiger partial charge >= 0.3 is 6.09 Å². The van der Waals surface area contributed by atoms with Crippen LogP contribution in [0.2, 0.25) is 0 Å². The molecule has 2 heterocycles. The van der Waals surface area contributed by atoms with E-state index in [2.05, 4.69) is 4.98 Å². The number of carbonyl (C=O) groups is 1. The molecule has 0 radical (unpaired) electrons. The molecule has 0 aliphatic rings. The molecule has 0 spiro atoms. The summed E-state index contributed by atoms with van der Waals surface area (Å²) in [5, 5.41) is 9.87. The average Bonchev–Trinajstić information content (AvgIpc) is 2.98. The highest BCUT2D eigenvalue weighted by Gasteiger charge is 2.20. The zero-order valence-corrected chi connectivity index (χ0v) is 12.5. The molecule has 0 atom stereocenters. The maximum atomic E-state index is 12.7. The Kier molecular flexibility index (Phi) is 3.51. The van der Waals surface area contributed by atoms with Crippen molar-refractivity contribution >= 4 is 32.8 Å². The molecule has 3 N–H and O–H groups in total. The van der Waals surface area contributed by atoms with Crippen LogP contribution in [0.4, 0.5) is 10.6 Å². The number of fused-ring (bicyclic) bond motifs is 1. The zero-order valence-electron chi connectivity index (χ0n) is 11.7. The third-order valence-electron chi connectivity index (χ3n) is 3.28. The lowest BCUT2D eigenvalue weighted by Gasteiger charge is -2.12. The summed E-state index contributed by atoms with van der Waals surface area (Å²) in [4.78, 5) is 14.9. The lowest BCUT2D eigenvalue weighted by atomic mass is 10.3. The number of amides is 1. The van der Waals surface area contributed by atoms with Gasteiger partial charge in [0.05, 0.1) is 10.4 Å². The number of nitrogens with two attached hydrogens (primary N) is 1. The lowest BCUT2D eigenvalue weighted by molar-refractivity contribution is 0.201. The van der Waals surface area contributed by atoms with Crippen LogP contribution in [0, 0.1) is 0 Å². The van der Waals surface area contributed by atoms with Gasteiger partial charge in [0.25, 0.3) is 10.0 Å². The molecule has 0 saturated carbocycles. The quantitative estimate of drug-likeness (QED) is 0.427. The van der Waals surface area contributed by atoms with Gasteiger partial charge in [0.15, 0.2) is 5.82 Å². The molecule has 3 aromatic rings. The van der Waals surface area contributed by atoms with Gasteiger partial charge in [-0.15, -0.1) is 0 Å². The molecular weight excluding hydrogens is 320 g/mol. The molecule has 2 aromatic heterocycles. The van der Waals surface area contributed by atoms with Crippen LogP contribution in [-0.4, -0.2) is 28.6 Å². The molecule has 1 amide bonds. The summed E-state index contributed by atoms with van der Waals surface area (Å²) in [6.07, 6.45) is 1.35. The van der Waals surface area contributed by atoms with E-state index in [1.165, 1.54) is 30.6 Å². The van der Waals surface area contributed by atoms with Crippen LogP contribution in [0.3, 0.4) is 0 Å². The highest BCUT2D eigenvalue weighted by atomic mass is 32.2. The summed E-state index contributed by atoms with van der Waals surface area (Å²) in [5.74, 6) is 5.30. The first-order valence-corrected chi connectivity index (χ1v) is 7.91. The molecule has 1 aromatic carbocycles. The van der Waals surface area contributed by atoms with Gasteiger partial charge in [-0.2, -0.15) is 5.01 Å². The average molecular weight is 332 g/mol. The molecule has 9 heteroatoms. The molecule has 0 unspecified atom stereocenters. The second kappa shape index (κ2) is 5.38. The summed E-state index contributed by atoms with van der Waals surface area (Å²) < 4.78 is 26.5. The summed E-state index contributed by atoms with van der Waals surface area (Å²) in [6, 6.07) is 10.8. The Bertz CT molecular complexity index is 982. The SMILES string of the molecule is NN(C(=O)O)c1cc2c(ccn2S(=O)(=O)c2ccccc2)cn1. The van der Waals surface area contributed by atoms with Gasteiger partial charge in [-0.05, 0) is 18.2 Å². The summed E-state index contributed by atoms with van der Waals surface area (Å²) in [5.41, 5.74) is 0.288. The zero-order chi connectivity index (χ0) is 16.6. The van der Waals surface area contributed by atoms with Crippen LogP contribution in [0.25, 0.3) is 10.9 Å². The molecule has 8 nitrogen and oxygen atoms in total. The van der Waals surface area contributed by atoms with Gasteiger partial charge in [-0.3, -0.25) is 0 Å². The van der Waals surface area contributed by atoms with Crippen molar-refractivity contribution in [1.82, 2.24) is 8.96 Å². The van der Waals surface area contributed by atoms with E-state index in [-0.39, 0.29) is 16.2 Å². The van der Waals surface area contributed by atoms with Gasteiger partial charge in [0.2, 0.25) is 0 Å². The molecule has 0 bridgehead atoms. The molecule has 3 rings (SSSR count). The Balaban J connectivity index is 2.19. The lowest BCUT2D eigenvalue weighted by Crippen LogP contribution is -2.36. The van der Waals surface area contributed by atoms with Gasteiger partial charge in [-0.25, -0.2) is 28.0 Å². The van der Waals surface area contributed by atoms with Crippen molar-refractivity contribution in [2.75, 3.05) is 5.01 Å². The Labute approximate surface area is 131 Å². The smallest absolute Gasteiger partial charge is 0.427 e. The Morgan fingerprint density at radius 3 is 2.57 bits per heavy atom. The van der Waals surface area contributed by atoms with E-state index in [4.69, 9.17) is 10.9 Å². The Hall–Kier alpha value is -2.91. The van der Waals surface area contributed by atoms with Crippen molar-refractivity contribution in [2.24, 2.45) is 5.84 Å². The fourth-order valence-electron chi connectivity index (χ4n) is 2.14. The van der Waals surface area contributed by atoms with Gasteiger partial charge in [0, 0.05) is 23.8 Å². The van der Waals surface area contributed by atoms with Crippen molar-refractivity contribution in [3.63, 3.8) is 0 Å². The minimum Gasteiger partial charge on any atom is -0.464 e. The molecular formula is C14H12N4O4S. The van der Waals surface area contributed by atoms with Crippen LogP contribution in [0.1, 0.15) is 0 Å². The molecule has 0 aliphatic carbocycles. The van der Waals surface area contributed by atoms with E-state index in [1.807, 2.05) is 0 Å². The Morgan fingerprint density at radius 1 is 1.22 bits per heavy atom. The minimum absolute atomic E-state index is 0.0757. The predicted octanol–water partition coefficient (Wildman–Crippen LogP) is 1.63. The number of benzene rings is 1. The van der Waals surface area contributed by atoms with E-state index in [1.54, 1.807) is 24.3 Å². The number of anilines is 1. The third kappa shape index (κ3) is 2.51. The minimum atomic E-state index is -3.80. The fraction of sp³-hybridized carbons (Fsp3) is 0. The fourth-order valence-corrected chi connectivity index (χ4v) is 3.50. The van der Waals surface area contributed by atoms with E-state index in [9.17, 15) is 13.2 Å². The predicted molar refractivity (Wildman–Crippen MR) is 83.5 cm³/mol. The second-order valence-electron chi connectivity index (χ2n) is 4.68. The maximum Gasteiger partial charge on any atom is 0.427 e. The van der Waals surface area contributed by atoms with E-state index < -0.39 is 16.1 Å². The van der Waals surface area contributed by atoms with Crippen LogP contribution in [0.15, 0.2) is 59.8 Å². The largest absolute Gasteiger partial charge is 0.464 e. The van der Waals surface area contributed by atoms with Crippen LogP contribution in [-0.2, 0) is 10.0 Å². The maximum absolute atomic E-state index is 12.7.